The summed E-state index contributed by atoms with van der Waals surface area (Å²) >= 11 is 0. The maximum absolute atomic E-state index is 14.2. The molecule has 87 heavy (non-hydrogen) atoms. The smallest absolute Gasteiger partial charge is 0.407 e. The highest BCUT2D eigenvalue weighted by atomic mass is 16.6. The second-order valence-corrected chi connectivity index (χ2v) is 22.0. The Hall–Kier alpha value is -9.65. The Morgan fingerprint density at radius 1 is 0.736 bits per heavy atom. The number of fused-ring (bicyclic) bond motifs is 5. The molecule has 18 heteroatoms. The number of carboxylic acid groups (broad SMARTS) is 1. The van der Waals surface area contributed by atoms with Gasteiger partial charge in [0.25, 0.3) is 5.56 Å². The Labute approximate surface area is 504 Å². The molecule has 6 aromatic carbocycles. The SMILES string of the molecule is CCc1c2c(nc3ccc(OCCCNC(=O)OCc4ccc(NC(=O)C(CCCCNC(c5ccccc5)(c5ccccc5)c5ccc(C)cc5)NC(=O)C(Cc5ccccc5)NC(=O)O)cc4)cc13)-c1cc3c(c(=O)n1C2)COC(=O)[C@]3(O)CC. The van der Waals surface area contributed by atoms with Crippen LogP contribution in [-0.2, 0) is 67.6 Å². The molecule has 8 aromatic rings. The van der Waals surface area contributed by atoms with Gasteiger partial charge in [-0.2, -0.15) is 0 Å². The van der Waals surface area contributed by atoms with Gasteiger partial charge in [-0.1, -0.05) is 147 Å². The fraction of sp³-hybridized carbons (Fsp3) is 0.290. The molecule has 18 nitrogen and oxygen atoms in total. The first-order valence-corrected chi connectivity index (χ1v) is 29.5. The van der Waals surface area contributed by atoms with E-state index in [2.05, 4.69) is 82.0 Å². The normalized spacial score (nSPS) is 14.8. The number of rotatable bonds is 25. The van der Waals surface area contributed by atoms with Crippen molar-refractivity contribution in [2.24, 2.45) is 0 Å². The fourth-order valence-corrected chi connectivity index (χ4v) is 11.7. The number of nitrogens with zero attached hydrogens (tertiary/aromatic N) is 2. The second-order valence-electron chi connectivity index (χ2n) is 22.0. The average molecular weight is 1170 g/mol. The number of aromatic nitrogens is 2. The van der Waals surface area contributed by atoms with E-state index in [9.17, 15) is 39.0 Å². The number of amides is 4. The zero-order chi connectivity index (χ0) is 61.1. The molecule has 4 heterocycles. The molecule has 2 unspecified atom stereocenters. The van der Waals surface area contributed by atoms with Crippen molar-refractivity contribution in [3.8, 4) is 17.1 Å². The molecular formula is C69H71N7O11. The highest BCUT2D eigenvalue weighted by Gasteiger charge is 2.46. The molecule has 0 spiro atoms. The van der Waals surface area contributed by atoms with Crippen LogP contribution in [0.15, 0.2) is 169 Å². The van der Waals surface area contributed by atoms with E-state index in [0.717, 1.165) is 44.3 Å². The van der Waals surface area contributed by atoms with Crippen LogP contribution in [0.5, 0.6) is 5.75 Å². The number of carbonyl (C=O) groups is 5. The molecule has 0 bridgehead atoms. The zero-order valence-electron chi connectivity index (χ0n) is 48.9. The molecule has 448 valence electrons. The van der Waals surface area contributed by atoms with E-state index < -0.39 is 53.2 Å². The van der Waals surface area contributed by atoms with Gasteiger partial charge < -0.3 is 50.3 Å². The van der Waals surface area contributed by atoms with Gasteiger partial charge in [0.05, 0.1) is 41.2 Å². The number of esters is 1. The number of hydrogen-bond donors (Lipinski definition) is 7. The summed E-state index contributed by atoms with van der Waals surface area (Å²) in [6.07, 6.45) is 0.649. The number of carbonyl (C=O) groups excluding carboxylic acids is 4. The van der Waals surface area contributed by atoms with Gasteiger partial charge in [-0.3, -0.25) is 19.7 Å². The molecule has 0 radical (unpaired) electrons. The van der Waals surface area contributed by atoms with Crippen LogP contribution in [0.4, 0.5) is 15.3 Å². The molecule has 2 aliphatic heterocycles. The van der Waals surface area contributed by atoms with Gasteiger partial charge in [0.2, 0.25) is 11.8 Å². The van der Waals surface area contributed by atoms with E-state index in [-0.39, 0.29) is 55.7 Å². The second kappa shape index (κ2) is 27.2. The lowest BCUT2D eigenvalue weighted by Gasteiger charge is -2.37. The zero-order valence-corrected chi connectivity index (χ0v) is 48.9. The molecule has 0 saturated heterocycles. The summed E-state index contributed by atoms with van der Waals surface area (Å²) in [5, 5.41) is 36.7. The number of hydrogen-bond acceptors (Lipinski definition) is 12. The molecule has 7 N–H and O–H groups in total. The van der Waals surface area contributed by atoms with Crippen LogP contribution in [0.2, 0.25) is 0 Å². The van der Waals surface area contributed by atoms with Gasteiger partial charge in [0.15, 0.2) is 5.60 Å². The van der Waals surface area contributed by atoms with Gasteiger partial charge >= 0.3 is 18.2 Å². The van der Waals surface area contributed by atoms with Gasteiger partial charge in [-0.05, 0) is 122 Å². The largest absolute Gasteiger partial charge is 0.494 e. The predicted octanol–water partition coefficient (Wildman–Crippen LogP) is 9.70. The third kappa shape index (κ3) is 13.4. The molecule has 2 aromatic heterocycles. The third-order valence-corrected chi connectivity index (χ3v) is 16.3. The maximum atomic E-state index is 14.2. The van der Waals surface area contributed by atoms with Crippen molar-refractivity contribution in [3.63, 3.8) is 0 Å². The Morgan fingerprint density at radius 2 is 1.41 bits per heavy atom. The van der Waals surface area contributed by atoms with Gasteiger partial charge in [-0.25, -0.2) is 19.4 Å². The average Bonchev–Trinajstić information content (AvgIpc) is 2.02. The molecule has 3 atom stereocenters. The monoisotopic (exact) mass is 1170 g/mol. The molecular weight excluding hydrogens is 1100 g/mol. The number of nitrogens with one attached hydrogen (secondary N) is 5. The van der Waals surface area contributed by atoms with Crippen LogP contribution in [0.3, 0.4) is 0 Å². The standard InChI is InChI=1S/C69H71N7O11/c1-4-52-53-39-51(33-34-57(53)73-61-54(52)41-76-60(61)40-56-55(64(76)79)43-86-65(80)68(56,84)5-2)85-37-17-35-70-67(83)87-42-46-27-31-50(32-28-46)72-62(77)58(74-63(78)59(75-66(81)82)38-45-18-9-6-10-19-45)24-15-16-36-71-69(47-20-11-7-12-21-47,48-22-13-8-14-23-48)49-29-25-44(3)26-30-49/h6-14,18-23,25-34,39-40,58-59,71,75,84H,4-5,15-17,24,35-38,41-43H2,1-3H3,(H,70,83)(H,72,77)(H,74,78)(H,81,82)/t58?,59?,68-/m0/s1. The number of alkyl carbamates (subject to hydrolysis) is 1. The summed E-state index contributed by atoms with van der Waals surface area (Å²) in [5.74, 6) is -1.28. The first-order valence-electron chi connectivity index (χ1n) is 29.5. The van der Waals surface area contributed by atoms with E-state index in [0.29, 0.717) is 79.3 Å². The van der Waals surface area contributed by atoms with Crippen LogP contribution in [0, 0.1) is 6.92 Å². The lowest BCUT2D eigenvalue weighted by molar-refractivity contribution is -0.172. The Balaban J connectivity index is 0.732. The van der Waals surface area contributed by atoms with E-state index in [1.54, 1.807) is 66.1 Å². The summed E-state index contributed by atoms with van der Waals surface area (Å²) in [6.45, 7) is 6.92. The van der Waals surface area contributed by atoms with Crippen LogP contribution in [0.25, 0.3) is 22.3 Å². The topological polar surface area (TPSA) is 249 Å². The van der Waals surface area contributed by atoms with E-state index >= 15 is 0 Å². The van der Waals surface area contributed by atoms with Crippen molar-refractivity contribution >= 4 is 46.6 Å². The van der Waals surface area contributed by atoms with E-state index in [4.69, 9.17) is 19.2 Å². The number of aliphatic hydroxyl groups is 1. The molecule has 0 aliphatic carbocycles. The summed E-state index contributed by atoms with van der Waals surface area (Å²) in [7, 11) is 0. The number of cyclic esters (lactones) is 1. The van der Waals surface area contributed by atoms with Gasteiger partial charge in [0.1, 0.15) is 31.0 Å². The van der Waals surface area contributed by atoms with Crippen molar-refractivity contribution in [2.75, 3.05) is 25.0 Å². The summed E-state index contributed by atoms with van der Waals surface area (Å²) < 4.78 is 18.5. The molecule has 4 amide bonds. The Kier molecular flexibility index (Phi) is 18.9. The van der Waals surface area contributed by atoms with Crippen LogP contribution in [0.1, 0.15) is 102 Å². The van der Waals surface area contributed by atoms with E-state index in [1.807, 2.05) is 67.6 Å². The van der Waals surface area contributed by atoms with Crippen molar-refractivity contribution in [1.82, 2.24) is 30.8 Å². The third-order valence-electron chi connectivity index (χ3n) is 16.3. The first-order chi connectivity index (χ1) is 42.2. The first kappa shape index (κ1) is 60.5. The highest BCUT2D eigenvalue weighted by Crippen LogP contribution is 2.41. The van der Waals surface area contributed by atoms with Crippen LogP contribution >= 0.6 is 0 Å². The minimum atomic E-state index is -1.91. The molecule has 2 aliphatic rings. The number of aryl methyl sites for hydroxylation is 2. The highest BCUT2D eigenvalue weighted by molar-refractivity contribution is 5.98. The summed E-state index contributed by atoms with van der Waals surface area (Å²) in [5.41, 5.74) is 7.57. The maximum Gasteiger partial charge on any atom is 0.407 e. The molecule has 0 fully saturated rings. The quantitative estimate of drug-likeness (QED) is 0.0160. The summed E-state index contributed by atoms with van der Waals surface area (Å²) in [4.78, 5) is 84.3. The number of pyridine rings is 2. The molecule has 10 rings (SSSR count). The van der Waals surface area contributed by atoms with Gasteiger partial charge in [-0.15, -0.1) is 0 Å². The van der Waals surface area contributed by atoms with Crippen LogP contribution in [-0.4, -0.2) is 81.5 Å². The lowest BCUT2D eigenvalue weighted by Crippen LogP contribution is -2.53. The van der Waals surface area contributed by atoms with Crippen molar-refractivity contribution in [3.05, 3.63) is 230 Å². The van der Waals surface area contributed by atoms with Crippen molar-refractivity contribution < 1.29 is 48.4 Å². The number of unbranched alkanes of at least 4 members (excludes halogenated alkanes) is 1. The predicted molar refractivity (Wildman–Crippen MR) is 330 cm³/mol. The van der Waals surface area contributed by atoms with Crippen molar-refractivity contribution in [1.29, 1.82) is 0 Å². The number of anilines is 1. The number of benzene rings is 6. The fourth-order valence-electron chi connectivity index (χ4n) is 11.7. The lowest BCUT2D eigenvalue weighted by atomic mass is 9.76. The molecule has 0 saturated carbocycles. The Morgan fingerprint density at radius 3 is 2.08 bits per heavy atom. The van der Waals surface area contributed by atoms with Gasteiger partial charge in [0, 0.05) is 35.2 Å². The Bertz CT molecular complexity index is 3800. The number of ether oxygens (including phenoxy) is 3. The minimum absolute atomic E-state index is 0.0475. The summed E-state index contributed by atoms with van der Waals surface area (Å²) in [6, 6.07) is 50.0. The minimum Gasteiger partial charge on any atom is -0.494 e. The van der Waals surface area contributed by atoms with Crippen molar-refractivity contribution in [2.45, 2.75) is 109 Å². The van der Waals surface area contributed by atoms with Crippen LogP contribution < -0.4 is 36.9 Å². The van der Waals surface area contributed by atoms with E-state index in [1.165, 1.54) is 0 Å².